The number of nitrogen functional groups attached to an aromatic ring is 1. The van der Waals surface area contributed by atoms with Crippen LogP contribution in [0.2, 0.25) is 0 Å². The molecule has 98 valence electrons. The molecule has 4 heteroatoms. The fourth-order valence-electron chi connectivity index (χ4n) is 1.88. The van der Waals surface area contributed by atoms with E-state index in [2.05, 4.69) is 4.90 Å². The number of phenols is 1. The molecule has 4 N–H and O–H groups in total. The third kappa shape index (κ3) is 3.25. The topological polar surface area (TPSA) is 73.3 Å². The van der Waals surface area contributed by atoms with Crippen LogP contribution in [0.25, 0.3) is 0 Å². The van der Waals surface area contributed by atoms with E-state index in [1.165, 1.54) is 0 Å². The molecule has 0 bridgehead atoms. The number of anilines is 1. The molecule has 2 aromatic rings. The van der Waals surface area contributed by atoms with E-state index in [0.717, 1.165) is 23.4 Å². The molecular formula is C15H17N3O. The van der Waals surface area contributed by atoms with Crippen LogP contribution in [0.1, 0.15) is 11.1 Å². The molecule has 0 radical (unpaired) electrons. The molecule has 0 spiro atoms. The van der Waals surface area contributed by atoms with E-state index in [0.29, 0.717) is 0 Å². The fourth-order valence-corrected chi connectivity index (χ4v) is 1.88. The largest absolute Gasteiger partial charge is 0.508 e. The van der Waals surface area contributed by atoms with Crippen LogP contribution >= 0.6 is 0 Å². The zero-order valence-electron chi connectivity index (χ0n) is 10.8. The van der Waals surface area contributed by atoms with Gasteiger partial charge in [0.25, 0.3) is 0 Å². The number of aromatic hydroxyl groups is 1. The maximum absolute atomic E-state index is 9.25. The Labute approximate surface area is 112 Å². The highest BCUT2D eigenvalue weighted by molar-refractivity contribution is 5.95. The summed E-state index contributed by atoms with van der Waals surface area (Å²) >= 11 is 0. The zero-order chi connectivity index (χ0) is 13.8. The Morgan fingerprint density at radius 2 is 1.89 bits per heavy atom. The van der Waals surface area contributed by atoms with Gasteiger partial charge < -0.3 is 15.7 Å². The second-order valence-electron chi connectivity index (χ2n) is 4.49. The third-order valence-corrected chi connectivity index (χ3v) is 2.95. The maximum atomic E-state index is 9.25. The van der Waals surface area contributed by atoms with Crippen molar-refractivity contribution >= 4 is 11.5 Å². The van der Waals surface area contributed by atoms with Crippen molar-refractivity contribution in [3.8, 4) is 5.75 Å². The Balaban J connectivity index is 2.15. The number of nitrogens with one attached hydrogen (secondary N) is 1. The predicted octanol–water partition coefficient (Wildman–Crippen LogP) is 2.31. The number of nitrogens with two attached hydrogens (primary N) is 1. The third-order valence-electron chi connectivity index (χ3n) is 2.95. The average molecular weight is 255 g/mol. The van der Waals surface area contributed by atoms with E-state index in [1.807, 2.05) is 43.4 Å². The van der Waals surface area contributed by atoms with Gasteiger partial charge in [0.2, 0.25) is 0 Å². The first-order valence-corrected chi connectivity index (χ1v) is 6.00. The molecule has 0 atom stereocenters. The normalized spacial score (nSPS) is 10.2. The molecular weight excluding hydrogens is 238 g/mol. The molecule has 2 aromatic carbocycles. The van der Waals surface area contributed by atoms with Crippen molar-refractivity contribution in [3.63, 3.8) is 0 Å². The molecule has 0 unspecified atom stereocenters. The van der Waals surface area contributed by atoms with Gasteiger partial charge in [-0.05, 0) is 29.8 Å². The Kier molecular flexibility index (Phi) is 3.71. The number of benzene rings is 2. The van der Waals surface area contributed by atoms with Crippen LogP contribution in [0.15, 0.2) is 48.5 Å². The molecule has 4 nitrogen and oxygen atoms in total. The van der Waals surface area contributed by atoms with Crippen molar-refractivity contribution in [1.29, 1.82) is 5.41 Å². The van der Waals surface area contributed by atoms with E-state index < -0.39 is 0 Å². The standard InChI is InChI=1S/C15H17N3O/c1-18(10-11-5-7-14(19)8-6-11)13-4-2-3-12(9-13)15(16)17/h2-9,19H,10H2,1H3,(H3,16,17). The minimum absolute atomic E-state index is 0.0693. The summed E-state index contributed by atoms with van der Waals surface area (Å²) in [5.74, 6) is 0.338. The number of hydrogen-bond acceptors (Lipinski definition) is 3. The Morgan fingerprint density at radius 3 is 2.53 bits per heavy atom. The number of nitrogens with zero attached hydrogens (tertiary/aromatic N) is 1. The molecule has 0 aromatic heterocycles. The molecule has 0 saturated carbocycles. The van der Waals surface area contributed by atoms with Crippen LogP contribution in [0.5, 0.6) is 5.75 Å². The fraction of sp³-hybridized carbons (Fsp3) is 0.133. The van der Waals surface area contributed by atoms with E-state index in [1.54, 1.807) is 12.1 Å². The summed E-state index contributed by atoms with van der Waals surface area (Å²) in [7, 11) is 1.98. The molecule has 0 amide bonds. The average Bonchev–Trinajstić information content (AvgIpc) is 2.41. The zero-order valence-corrected chi connectivity index (χ0v) is 10.8. The number of rotatable bonds is 4. The van der Waals surface area contributed by atoms with Gasteiger partial charge in [-0.15, -0.1) is 0 Å². The van der Waals surface area contributed by atoms with Crippen molar-refractivity contribution in [1.82, 2.24) is 0 Å². The minimum Gasteiger partial charge on any atom is -0.508 e. The van der Waals surface area contributed by atoms with E-state index >= 15 is 0 Å². The van der Waals surface area contributed by atoms with Gasteiger partial charge in [0.15, 0.2) is 0 Å². The van der Waals surface area contributed by atoms with Crippen molar-refractivity contribution < 1.29 is 5.11 Å². The van der Waals surface area contributed by atoms with Crippen LogP contribution in [0, 0.1) is 5.41 Å². The number of hydrogen-bond donors (Lipinski definition) is 3. The highest BCUT2D eigenvalue weighted by Crippen LogP contribution is 2.18. The smallest absolute Gasteiger partial charge is 0.122 e. The Bertz CT molecular complexity index is 578. The Morgan fingerprint density at radius 1 is 1.21 bits per heavy atom. The first kappa shape index (κ1) is 13.0. The van der Waals surface area contributed by atoms with Crippen molar-refractivity contribution in [2.45, 2.75) is 6.54 Å². The molecule has 2 rings (SSSR count). The van der Waals surface area contributed by atoms with Crippen molar-refractivity contribution in [3.05, 3.63) is 59.7 Å². The van der Waals surface area contributed by atoms with Crippen LogP contribution in [-0.2, 0) is 6.54 Å². The van der Waals surface area contributed by atoms with Gasteiger partial charge in [-0.1, -0.05) is 24.3 Å². The SMILES string of the molecule is CN(Cc1ccc(O)cc1)c1cccc(C(=N)N)c1. The Hall–Kier alpha value is -2.49. The lowest BCUT2D eigenvalue weighted by molar-refractivity contribution is 0.475. The van der Waals surface area contributed by atoms with E-state index in [4.69, 9.17) is 11.1 Å². The molecule has 0 fully saturated rings. The molecule has 0 aliphatic heterocycles. The summed E-state index contributed by atoms with van der Waals surface area (Å²) in [6, 6.07) is 14.7. The van der Waals surface area contributed by atoms with E-state index in [9.17, 15) is 5.11 Å². The first-order valence-electron chi connectivity index (χ1n) is 6.00. The van der Waals surface area contributed by atoms with Crippen molar-refractivity contribution in [2.24, 2.45) is 5.73 Å². The number of phenolic OH excluding ortho intramolecular Hbond substituents is 1. The lowest BCUT2D eigenvalue weighted by Crippen LogP contribution is -2.17. The van der Waals surface area contributed by atoms with Gasteiger partial charge in [0.1, 0.15) is 11.6 Å². The summed E-state index contributed by atoms with van der Waals surface area (Å²) in [6.07, 6.45) is 0. The van der Waals surface area contributed by atoms with Gasteiger partial charge >= 0.3 is 0 Å². The predicted molar refractivity (Wildman–Crippen MR) is 77.7 cm³/mol. The molecule has 0 aliphatic carbocycles. The lowest BCUT2D eigenvalue weighted by Gasteiger charge is -2.20. The van der Waals surface area contributed by atoms with Gasteiger partial charge in [-0.2, -0.15) is 0 Å². The van der Waals surface area contributed by atoms with Crippen LogP contribution < -0.4 is 10.6 Å². The molecule has 19 heavy (non-hydrogen) atoms. The second kappa shape index (κ2) is 5.44. The molecule has 0 heterocycles. The first-order chi connectivity index (χ1) is 9.06. The van der Waals surface area contributed by atoms with Gasteiger partial charge in [-0.25, -0.2) is 0 Å². The molecule has 0 aliphatic rings. The summed E-state index contributed by atoms with van der Waals surface area (Å²) in [6.45, 7) is 0.724. The molecule has 0 saturated heterocycles. The quantitative estimate of drug-likeness (QED) is 0.580. The van der Waals surface area contributed by atoms with Crippen molar-refractivity contribution in [2.75, 3.05) is 11.9 Å². The van der Waals surface area contributed by atoms with Crippen LogP contribution in [0.4, 0.5) is 5.69 Å². The lowest BCUT2D eigenvalue weighted by atomic mass is 10.1. The van der Waals surface area contributed by atoms with Gasteiger partial charge in [0.05, 0.1) is 0 Å². The summed E-state index contributed by atoms with van der Waals surface area (Å²) in [4.78, 5) is 2.07. The monoisotopic (exact) mass is 255 g/mol. The summed E-state index contributed by atoms with van der Waals surface area (Å²) in [5, 5.41) is 16.7. The minimum atomic E-state index is 0.0693. The highest BCUT2D eigenvalue weighted by Gasteiger charge is 2.04. The highest BCUT2D eigenvalue weighted by atomic mass is 16.3. The second-order valence-corrected chi connectivity index (χ2v) is 4.49. The van der Waals surface area contributed by atoms with Crippen LogP contribution in [-0.4, -0.2) is 18.0 Å². The summed E-state index contributed by atoms with van der Waals surface area (Å²) < 4.78 is 0. The summed E-state index contributed by atoms with van der Waals surface area (Å²) in [5.41, 5.74) is 8.31. The van der Waals surface area contributed by atoms with Gasteiger partial charge in [-0.3, -0.25) is 5.41 Å². The maximum Gasteiger partial charge on any atom is 0.122 e. The number of amidine groups is 1. The van der Waals surface area contributed by atoms with E-state index in [-0.39, 0.29) is 11.6 Å². The van der Waals surface area contributed by atoms with Crippen LogP contribution in [0.3, 0.4) is 0 Å². The van der Waals surface area contributed by atoms with Gasteiger partial charge in [0, 0.05) is 24.8 Å².